The Hall–Kier alpha value is -1.46. The van der Waals surface area contributed by atoms with Crippen LogP contribution in [0.4, 0.5) is 0 Å². The number of nitrogens with zero attached hydrogens (tertiary/aromatic N) is 1. The van der Waals surface area contributed by atoms with Crippen molar-refractivity contribution in [2.24, 2.45) is 16.6 Å². The second kappa shape index (κ2) is 4.27. The van der Waals surface area contributed by atoms with E-state index in [4.69, 9.17) is 10.5 Å². The van der Waals surface area contributed by atoms with Gasteiger partial charge >= 0.3 is 5.97 Å². The molecule has 21 heavy (non-hydrogen) atoms. The topological polar surface area (TPSA) is 178 Å². The fourth-order valence-corrected chi connectivity index (χ4v) is 3.56. The highest BCUT2D eigenvalue weighted by atomic mass is 16.6. The molecule has 118 valence electrons. The average molecular weight is 303 g/mol. The van der Waals surface area contributed by atoms with E-state index in [0.717, 1.165) is 0 Å². The van der Waals surface area contributed by atoms with Crippen molar-refractivity contribution >= 4 is 11.9 Å². The quantitative estimate of drug-likeness (QED) is 0.234. The number of aliphatic hydroxyl groups is 5. The molecule has 1 saturated carbocycles. The molecule has 0 radical (unpaired) electrons. The van der Waals surface area contributed by atoms with E-state index < -0.39 is 54.0 Å². The highest BCUT2D eigenvalue weighted by Crippen LogP contribution is 2.47. The van der Waals surface area contributed by atoms with Crippen molar-refractivity contribution in [1.82, 2.24) is 5.32 Å². The first-order chi connectivity index (χ1) is 9.79. The molecule has 8 N–H and O–H groups in total. The van der Waals surface area contributed by atoms with E-state index in [1.54, 1.807) is 0 Å². The zero-order valence-corrected chi connectivity index (χ0v) is 10.9. The largest absolute Gasteiger partial charge is 0.454 e. The van der Waals surface area contributed by atoms with Gasteiger partial charge in [0.15, 0.2) is 23.8 Å². The molecule has 1 spiro atoms. The lowest BCUT2D eigenvalue weighted by Gasteiger charge is -2.61. The minimum absolute atomic E-state index is 0.112. The lowest BCUT2D eigenvalue weighted by atomic mass is 9.58. The Morgan fingerprint density at radius 3 is 2.67 bits per heavy atom. The van der Waals surface area contributed by atoms with Crippen LogP contribution in [0.2, 0.25) is 0 Å². The summed E-state index contributed by atoms with van der Waals surface area (Å²) in [6.07, 6.45) is -6.60. The number of fused-ring (bicyclic) bond motifs is 1. The number of carbonyl (C=O) groups is 1. The standard InChI is InChI=1S/C11H17N3O7/c12-9-13-1-3-4(16)10(20,2-15)7-5(17)11(3,14-9)6(18)8(19)21-7/h3-7,15-18,20H,1-2H2,(H3,12,13,14)/t3-,4-,5-,6+,7+,10+,11?/m0/s1. The minimum atomic E-state index is -2.26. The van der Waals surface area contributed by atoms with Crippen molar-refractivity contribution in [3.8, 4) is 0 Å². The van der Waals surface area contributed by atoms with E-state index in [2.05, 4.69) is 10.3 Å². The number of aliphatic hydroxyl groups excluding tert-OH is 4. The monoisotopic (exact) mass is 303 g/mol. The van der Waals surface area contributed by atoms with Crippen LogP contribution in [0.1, 0.15) is 0 Å². The van der Waals surface area contributed by atoms with E-state index in [-0.39, 0.29) is 12.5 Å². The van der Waals surface area contributed by atoms with E-state index in [1.807, 2.05) is 0 Å². The number of aliphatic imine (C=N–C) groups is 1. The van der Waals surface area contributed by atoms with E-state index >= 15 is 0 Å². The first kappa shape index (κ1) is 14.5. The Morgan fingerprint density at radius 2 is 2.05 bits per heavy atom. The maximum atomic E-state index is 11.8. The van der Waals surface area contributed by atoms with Gasteiger partial charge in [-0.2, -0.15) is 0 Å². The Morgan fingerprint density at radius 1 is 1.38 bits per heavy atom. The summed E-state index contributed by atoms with van der Waals surface area (Å²) in [4.78, 5) is 15.7. The van der Waals surface area contributed by atoms with Gasteiger partial charge < -0.3 is 41.3 Å². The van der Waals surface area contributed by atoms with Gasteiger partial charge in [-0.05, 0) is 0 Å². The highest BCUT2D eigenvalue weighted by molar-refractivity contribution is 5.84. The van der Waals surface area contributed by atoms with E-state index in [0.29, 0.717) is 0 Å². The van der Waals surface area contributed by atoms with Crippen LogP contribution in [0.15, 0.2) is 4.99 Å². The predicted octanol–water partition coefficient (Wildman–Crippen LogP) is -5.00. The number of hydrogen-bond acceptors (Lipinski definition) is 10. The second-order valence-corrected chi connectivity index (χ2v) is 5.69. The number of carbonyl (C=O) groups excluding carboxylic acids is 1. The van der Waals surface area contributed by atoms with Crippen LogP contribution in [0.3, 0.4) is 0 Å². The first-order valence-electron chi connectivity index (χ1n) is 6.45. The molecular formula is C11H17N3O7. The lowest BCUT2D eigenvalue weighted by molar-refractivity contribution is -0.298. The van der Waals surface area contributed by atoms with Gasteiger partial charge in [0.05, 0.1) is 19.3 Å². The molecule has 10 nitrogen and oxygen atoms in total. The zero-order valence-electron chi connectivity index (χ0n) is 10.9. The second-order valence-electron chi connectivity index (χ2n) is 5.69. The van der Waals surface area contributed by atoms with Gasteiger partial charge in [-0.15, -0.1) is 0 Å². The molecule has 2 bridgehead atoms. The number of esters is 1. The van der Waals surface area contributed by atoms with E-state index in [9.17, 15) is 30.3 Å². The third kappa shape index (κ3) is 1.53. The number of nitrogens with two attached hydrogens (primary N) is 1. The molecule has 1 saturated heterocycles. The summed E-state index contributed by atoms with van der Waals surface area (Å²) in [6.45, 7) is -1.08. The summed E-state index contributed by atoms with van der Waals surface area (Å²) in [5.41, 5.74) is 1.57. The molecule has 10 heteroatoms. The molecule has 3 rings (SSSR count). The molecule has 0 aromatic heterocycles. The van der Waals surface area contributed by atoms with Crippen LogP contribution in [0, 0.1) is 5.92 Å². The fourth-order valence-electron chi connectivity index (χ4n) is 3.56. The summed E-state index contributed by atoms with van der Waals surface area (Å²) in [6, 6.07) is 0. The zero-order chi connectivity index (χ0) is 15.6. The number of hydrogen-bond donors (Lipinski definition) is 7. The third-order valence-corrected chi connectivity index (χ3v) is 4.75. The molecule has 0 amide bonds. The summed E-state index contributed by atoms with van der Waals surface area (Å²) >= 11 is 0. The van der Waals surface area contributed by atoms with Crippen molar-refractivity contribution < 1.29 is 35.1 Å². The number of rotatable bonds is 1. The maximum absolute atomic E-state index is 11.8. The number of nitrogens with one attached hydrogen (secondary N) is 1. The van der Waals surface area contributed by atoms with Crippen LogP contribution in [-0.4, -0.2) is 86.2 Å². The molecule has 2 fully saturated rings. The third-order valence-electron chi connectivity index (χ3n) is 4.75. The van der Waals surface area contributed by atoms with E-state index in [1.165, 1.54) is 0 Å². The van der Waals surface area contributed by atoms with Crippen molar-refractivity contribution in [2.45, 2.75) is 35.6 Å². The molecule has 1 aliphatic carbocycles. The van der Waals surface area contributed by atoms with Crippen LogP contribution in [-0.2, 0) is 9.53 Å². The molecule has 1 unspecified atom stereocenters. The van der Waals surface area contributed by atoms with Gasteiger partial charge in [-0.3, -0.25) is 4.99 Å². The van der Waals surface area contributed by atoms with Gasteiger partial charge in [0.1, 0.15) is 11.6 Å². The Labute approximate surface area is 118 Å². The van der Waals surface area contributed by atoms with Gasteiger partial charge in [0.2, 0.25) is 0 Å². The summed E-state index contributed by atoms with van der Waals surface area (Å²) < 4.78 is 4.81. The SMILES string of the molecule is NC1=NC[C@H]2[C@H](O)[C@](O)(CO)[C@@H]3OC(=O)[C@@H](O)C2(N1)[C@H]3O. The van der Waals surface area contributed by atoms with Crippen molar-refractivity contribution in [3.05, 3.63) is 0 Å². The Balaban J connectivity index is 2.18. The first-order valence-corrected chi connectivity index (χ1v) is 6.45. The van der Waals surface area contributed by atoms with Crippen LogP contribution in [0.5, 0.6) is 0 Å². The van der Waals surface area contributed by atoms with Gasteiger partial charge in [0.25, 0.3) is 0 Å². The smallest absolute Gasteiger partial charge is 0.338 e. The average Bonchev–Trinajstić information content (AvgIpc) is 2.46. The van der Waals surface area contributed by atoms with Crippen molar-refractivity contribution in [3.63, 3.8) is 0 Å². The Kier molecular flexibility index (Phi) is 2.94. The fraction of sp³-hybridized carbons (Fsp3) is 0.818. The number of ether oxygens (including phenoxy) is 1. The molecule has 0 aromatic carbocycles. The molecule has 0 aromatic rings. The molecule has 3 aliphatic rings. The molecule has 2 aliphatic heterocycles. The maximum Gasteiger partial charge on any atom is 0.338 e. The summed E-state index contributed by atoms with van der Waals surface area (Å²) in [7, 11) is 0. The minimum Gasteiger partial charge on any atom is -0.454 e. The van der Waals surface area contributed by atoms with Gasteiger partial charge in [0, 0.05) is 5.92 Å². The summed E-state index contributed by atoms with van der Waals surface area (Å²) in [5.74, 6) is -2.24. The molecule has 2 heterocycles. The van der Waals surface area contributed by atoms with Crippen molar-refractivity contribution in [2.75, 3.05) is 13.2 Å². The number of guanidine groups is 1. The van der Waals surface area contributed by atoms with Gasteiger partial charge in [-0.1, -0.05) is 0 Å². The van der Waals surface area contributed by atoms with Gasteiger partial charge in [-0.25, -0.2) is 4.79 Å². The predicted molar refractivity (Wildman–Crippen MR) is 65.8 cm³/mol. The normalized spacial score (nSPS) is 52.3. The summed E-state index contributed by atoms with van der Waals surface area (Å²) in [5, 5.41) is 53.3. The van der Waals surface area contributed by atoms with Crippen LogP contribution in [0.25, 0.3) is 0 Å². The lowest BCUT2D eigenvalue weighted by Crippen LogP contribution is -2.87. The van der Waals surface area contributed by atoms with Crippen LogP contribution >= 0.6 is 0 Å². The Bertz CT molecular complexity index is 514. The van der Waals surface area contributed by atoms with Crippen LogP contribution < -0.4 is 11.1 Å². The molecule has 7 atom stereocenters. The highest BCUT2D eigenvalue weighted by Gasteiger charge is 2.73. The molecular weight excluding hydrogens is 286 g/mol. The van der Waals surface area contributed by atoms with Crippen molar-refractivity contribution in [1.29, 1.82) is 0 Å².